The van der Waals surface area contributed by atoms with Crippen molar-refractivity contribution in [3.05, 3.63) is 29.8 Å². The van der Waals surface area contributed by atoms with Crippen LogP contribution in [0.3, 0.4) is 0 Å². The minimum Gasteiger partial charge on any atom is -0.325 e. The average molecular weight is 270 g/mol. The highest BCUT2D eigenvalue weighted by Crippen LogP contribution is 2.12. The number of nitrogens with one attached hydrogen (secondary N) is 1. The van der Waals surface area contributed by atoms with E-state index in [0.717, 1.165) is 0 Å². The number of nitrogens with zero attached hydrogens (tertiary/aromatic N) is 3. The number of benzene rings is 1. The second-order valence-electron chi connectivity index (χ2n) is 4.73. The zero-order valence-electron chi connectivity index (χ0n) is 11.9. The van der Waals surface area contributed by atoms with Gasteiger partial charge in [0.25, 0.3) is 0 Å². The van der Waals surface area contributed by atoms with Gasteiger partial charge in [0, 0.05) is 11.7 Å². The molecule has 2 unspecified atom stereocenters. The molecule has 2 atom stereocenters. The summed E-state index contributed by atoms with van der Waals surface area (Å²) in [5, 5.41) is 20.3. The number of carbonyl (C=O) groups excluding carboxylic acids is 1. The maximum Gasteiger partial charge on any atom is 0.241 e. The molecule has 1 N–H and O–H groups in total. The van der Waals surface area contributed by atoms with Gasteiger partial charge in [-0.2, -0.15) is 10.5 Å². The van der Waals surface area contributed by atoms with Crippen LogP contribution in [0.2, 0.25) is 0 Å². The lowest BCUT2D eigenvalue weighted by atomic mass is 10.1. The van der Waals surface area contributed by atoms with Crippen LogP contribution in [0.4, 0.5) is 5.69 Å². The Morgan fingerprint density at radius 2 is 2.10 bits per heavy atom. The molecule has 1 rings (SSSR count). The first kappa shape index (κ1) is 15.7. The van der Waals surface area contributed by atoms with Gasteiger partial charge in [-0.3, -0.25) is 9.69 Å². The van der Waals surface area contributed by atoms with Crippen molar-refractivity contribution in [2.24, 2.45) is 0 Å². The third-order valence-electron chi connectivity index (χ3n) is 3.33. The Morgan fingerprint density at radius 1 is 1.40 bits per heavy atom. The molecule has 5 heteroatoms. The van der Waals surface area contributed by atoms with E-state index < -0.39 is 0 Å². The van der Waals surface area contributed by atoms with E-state index in [9.17, 15) is 4.79 Å². The summed E-state index contributed by atoms with van der Waals surface area (Å²) >= 11 is 0. The van der Waals surface area contributed by atoms with Gasteiger partial charge in [0.05, 0.1) is 30.2 Å². The Hall–Kier alpha value is -2.37. The lowest BCUT2D eigenvalue weighted by Gasteiger charge is -2.28. The van der Waals surface area contributed by atoms with E-state index in [1.165, 1.54) is 0 Å². The van der Waals surface area contributed by atoms with Crippen molar-refractivity contribution in [3.63, 3.8) is 0 Å². The first-order valence-electron chi connectivity index (χ1n) is 6.39. The fourth-order valence-corrected chi connectivity index (χ4v) is 1.76. The summed E-state index contributed by atoms with van der Waals surface area (Å²) in [6, 6.07) is 10.5. The molecule has 104 valence electrons. The molecule has 0 aliphatic carbocycles. The van der Waals surface area contributed by atoms with Crippen LogP contribution < -0.4 is 5.32 Å². The number of hydrogen-bond acceptors (Lipinski definition) is 4. The predicted molar refractivity (Wildman–Crippen MR) is 76.7 cm³/mol. The normalized spacial score (nSPS) is 13.1. The van der Waals surface area contributed by atoms with Crippen LogP contribution in [0.1, 0.15) is 25.8 Å². The van der Waals surface area contributed by atoms with Crippen molar-refractivity contribution in [3.8, 4) is 12.1 Å². The summed E-state index contributed by atoms with van der Waals surface area (Å²) in [7, 11) is 1.82. The van der Waals surface area contributed by atoms with Crippen molar-refractivity contribution in [1.82, 2.24) is 4.90 Å². The Balaban J connectivity index is 2.71. The topological polar surface area (TPSA) is 79.9 Å². The van der Waals surface area contributed by atoms with Crippen LogP contribution in [0.15, 0.2) is 24.3 Å². The summed E-state index contributed by atoms with van der Waals surface area (Å²) in [4.78, 5) is 14.0. The Labute approximate surface area is 119 Å². The maximum absolute atomic E-state index is 12.1. The van der Waals surface area contributed by atoms with Gasteiger partial charge in [-0.05, 0) is 39.1 Å². The summed E-state index contributed by atoms with van der Waals surface area (Å²) in [6.07, 6.45) is 0.373. The quantitative estimate of drug-likeness (QED) is 0.888. The largest absolute Gasteiger partial charge is 0.325 e. The molecule has 0 heterocycles. The highest BCUT2D eigenvalue weighted by Gasteiger charge is 2.22. The minimum atomic E-state index is -0.357. The molecule has 0 aliphatic heterocycles. The van der Waals surface area contributed by atoms with E-state index in [1.54, 1.807) is 31.2 Å². The van der Waals surface area contributed by atoms with Crippen LogP contribution in [-0.2, 0) is 4.79 Å². The number of amides is 1. The summed E-state index contributed by atoms with van der Waals surface area (Å²) in [5.41, 5.74) is 1.10. The molecular formula is C15H18N4O. The van der Waals surface area contributed by atoms with Gasteiger partial charge in [0.2, 0.25) is 5.91 Å². The van der Waals surface area contributed by atoms with Gasteiger partial charge in [-0.1, -0.05) is 6.07 Å². The van der Waals surface area contributed by atoms with Crippen molar-refractivity contribution in [2.75, 3.05) is 12.4 Å². The SMILES string of the molecule is CC(CC#N)N(C)C(C)C(=O)Nc1cccc(C#N)c1. The van der Waals surface area contributed by atoms with Crippen molar-refractivity contribution >= 4 is 11.6 Å². The van der Waals surface area contributed by atoms with Crippen LogP contribution >= 0.6 is 0 Å². The fraction of sp³-hybridized carbons (Fsp3) is 0.400. The lowest BCUT2D eigenvalue weighted by Crippen LogP contribution is -2.44. The van der Waals surface area contributed by atoms with E-state index in [4.69, 9.17) is 10.5 Å². The molecule has 0 aliphatic rings. The second-order valence-corrected chi connectivity index (χ2v) is 4.73. The van der Waals surface area contributed by atoms with Gasteiger partial charge < -0.3 is 5.32 Å². The van der Waals surface area contributed by atoms with Gasteiger partial charge >= 0.3 is 0 Å². The smallest absolute Gasteiger partial charge is 0.241 e. The van der Waals surface area contributed by atoms with Gasteiger partial charge in [-0.25, -0.2) is 0 Å². The van der Waals surface area contributed by atoms with Crippen LogP contribution in [0, 0.1) is 22.7 Å². The lowest BCUT2D eigenvalue weighted by molar-refractivity contribution is -0.120. The molecule has 0 aromatic heterocycles. The highest BCUT2D eigenvalue weighted by molar-refractivity contribution is 5.94. The Bertz CT molecular complexity index is 556. The fourth-order valence-electron chi connectivity index (χ4n) is 1.76. The van der Waals surface area contributed by atoms with Gasteiger partial charge in [0.1, 0.15) is 0 Å². The zero-order chi connectivity index (χ0) is 15.1. The molecule has 0 fully saturated rings. The number of nitriles is 2. The highest BCUT2D eigenvalue weighted by atomic mass is 16.2. The molecule has 0 saturated carbocycles. The Kier molecular flexibility index (Phi) is 5.71. The first-order chi connectivity index (χ1) is 9.49. The molecule has 1 amide bonds. The third-order valence-corrected chi connectivity index (χ3v) is 3.33. The number of hydrogen-bond donors (Lipinski definition) is 1. The van der Waals surface area contributed by atoms with E-state index in [1.807, 2.05) is 24.9 Å². The number of rotatable bonds is 5. The zero-order valence-corrected chi connectivity index (χ0v) is 11.9. The summed E-state index contributed by atoms with van der Waals surface area (Å²) in [5.74, 6) is -0.160. The van der Waals surface area contributed by atoms with Crippen LogP contribution in [0.5, 0.6) is 0 Å². The van der Waals surface area contributed by atoms with E-state index in [0.29, 0.717) is 17.7 Å². The van der Waals surface area contributed by atoms with Gasteiger partial charge in [-0.15, -0.1) is 0 Å². The number of anilines is 1. The molecular weight excluding hydrogens is 252 g/mol. The monoisotopic (exact) mass is 270 g/mol. The molecule has 0 radical (unpaired) electrons. The molecule has 0 spiro atoms. The molecule has 20 heavy (non-hydrogen) atoms. The van der Waals surface area contributed by atoms with Crippen molar-refractivity contribution in [2.45, 2.75) is 32.4 Å². The standard InChI is InChI=1S/C15H18N4O/c1-11(7-8-16)19(3)12(2)15(20)18-14-6-4-5-13(9-14)10-17/h4-6,9,11-12H,7H2,1-3H3,(H,18,20). The maximum atomic E-state index is 12.1. The van der Waals surface area contributed by atoms with Crippen LogP contribution in [-0.4, -0.2) is 29.9 Å². The molecule has 1 aromatic carbocycles. The number of likely N-dealkylation sites (N-methyl/N-ethyl adjacent to an activating group) is 1. The average Bonchev–Trinajstić information content (AvgIpc) is 2.46. The van der Waals surface area contributed by atoms with E-state index in [-0.39, 0.29) is 18.0 Å². The molecule has 5 nitrogen and oxygen atoms in total. The van der Waals surface area contributed by atoms with Crippen molar-refractivity contribution < 1.29 is 4.79 Å². The summed E-state index contributed by atoms with van der Waals surface area (Å²) < 4.78 is 0. The molecule has 0 bridgehead atoms. The minimum absolute atomic E-state index is 0.00573. The number of carbonyl (C=O) groups is 1. The second kappa shape index (κ2) is 7.28. The third kappa shape index (κ3) is 4.08. The van der Waals surface area contributed by atoms with E-state index >= 15 is 0 Å². The van der Waals surface area contributed by atoms with Crippen molar-refractivity contribution in [1.29, 1.82) is 10.5 Å². The predicted octanol–water partition coefficient (Wildman–Crippen LogP) is 2.12. The summed E-state index contributed by atoms with van der Waals surface area (Å²) in [6.45, 7) is 3.70. The van der Waals surface area contributed by atoms with Gasteiger partial charge in [0.15, 0.2) is 0 Å². The molecule has 1 aromatic rings. The van der Waals surface area contributed by atoms with E-state index in [2.05, 4.69) is 11.4 Å². The van der Waals surface area contributed by atoms with Crippen LogP contribution in [0.25, 0.3) is 0 Å². The first-order valence-corrected chi connectivity index (χ1v) is 6.39. The Morgan fingerprint density at radius 3 is 2.70 bits per heavy atom. The molecule has 0 saturated heterocycles.